The number of thiazole rings is 2. The van der Waals surface area contributed by atoms with Gasteiger partial charge in [-0.15, -0.1) is 22.7 Å². The van der Waals surface area contributed by atoms with Gasteiger partial charge in [-0.25, -0.2) is 19.9 Å². The molecule has 4 aromatic heterocycles. The molecule has 4 nitrogen and oxygen atoms in total. The molecule has 0 amide bonds. The Labute approximate surface area is 283 Å². The van der Waals surface area contributed by atoms with E-state index in [1.165, 1.54) is 41.7 Å². The van der Waals surface area contributed by atoms with Gasteiger partial charge in [-0.3, -0.25) is 0 Å². The predicted molar refractivity (Wildman–Crippen MR) is 203 cm³/mol. The molecular formula is C42H24N4S2. The van der Waals surface area contributed by atoms with Crippen LogP contribution in [0.2, 0.25) is 0 Å². The lowest BCUT2D eigenvalue weighted by atomic mass is 9.91. The molecule has 0 fully saturated rings. The fraction of sp³-hybridized carbons (Fsp3) is 0. The molecular weight excluding hydrogens is 625 g/mol. The van der Waals surface area contributed by atoms with E-state index in [0.29, 0.717) is 0 Å². The molecule has 0 atom stereocenters. The van der Waals surface area contributed by atoms with Gasteiger partial charge < -0.3 is 0 Å². The normalized spacial score (nSPS) is 11.8. The van der Waals surface area contributed by atoms with E-state index in [-0.39, 0.29) is 0 Å². The van der Waals surface area contributed by atoms with Crippen molar-refractivity contribution >= 4 is 75.4 Å². The summed E-state index contributed by atoms with van der Waals surface area (Å²) >= 11 is 3.31. The van der Waals surface area contributed by atoms with E-state index >= 15 is 0 Å². The number of fused-ring (bicyclic) bond motifs is 8. The summed E-state index contributed by atoms with van der Waals surface area (Å²) in [4.78, 5) is 19.1. The Morgan fingerprint density at radius 3 is 1.19 bits per heavy atom. The maximum absolute atomic E-state index is 5.11. The Balaban J connectivity index is 1.08. The minimum atomic E-state index is 0.957. The summed E-state index contributed by atoms with van der Waals surface area (Å²) < 4.78 is 2.34. The summed E-state index contributed by atoms with van der Waals surface area (Å²) in [5, 5.41) is 7.35. The number of pyridine rings is 2. The van der Waals surface area contributed by atoms with Gasteiger partial charge in [-0.05, 0) is 93.0 Å². The van der Waals surface area contributed by atoms with Crippen molar-refractivity contribution in [3.8, 4) is 45.0 Å². The number of benzene rings is 6. The third-order valence-electron chi connectivity index (χ3n) is 9.18. The molecule has 0 aliphatic heterocycles. The second kappa shape index (κ2) is 10.9. The average Bonchev–Trinajstić information content (AvgIpc) is 3.84. The summed E-state index contributed by atoms with van der Waals surface area (Å²) in [6.07, 6.45) is 0. The number of nitrogens with zero attached hydrogens (tertiary/aromatic N) is 4. The van der Waals surface area contributed by atoms with Gasteiger partial charge in [-0.2, -0.15) is 0 Å². The van der Waals surface area contributed by atoms with Crippen LogP contribution >= 0.6 is 22.7 Å². The van der Waals surface area contributed by atoms with Crippen molar-refractivity contribution in [1.82, 2.24) is 19.9 Å². The first-order valence-electron chi connectivity index (χ1n) is 15.8. The Kier molecular flexibility index (Phi) is 6.19. The summed E-state index contributed by atoms with van der Waals surface area (Å²) in [6, 6.07) is 47.5. The molecule has 10 aromatic rings. The quantitative estimate of drug-likeness (QED) is 0.178. The summed E-state index contributed by atoms with van der Waals surface area (Å²) in [5.41, 5.74) is 14.1. The van der Waals surface area contributed by atoms with Gasteiger partial charge in [0.05, 0.1) is 54.2 Å². The van der Waals surface area contributed by atoms with Crippen molar-refractivity contribution in [3.05, 3.63) is 144 Å². The first-order valence-corrected chi connectivity index (χ1v) is 17.5. The van der Waals surface area contributed by atoms with Crippen LogP contribution < -0.4 is 0 Å². The second-order valence-corrected chi connectivity index (χ2v) is 13.7. The number of aromatic nitrogens is 4. The van der Waals surface area contributed by atoms with Gasteiger partial charge in [0.2, 0.25) is 0 Å². The van der Waals surface area contributed by atoms with Crippen molar-refractivity contribution in [3.63, 3.8) is 0 Å². The zero-order valence-electron chi connectivity index (χ0n) is 25.5. The van der Waals surface area contributed by atoms with E-state index in [9.17, 15) is 0 Å². The minimum absolute atomic E-state index is 0.957. The van der Waals surface area contributed by atoms with Crippen LogP contribution in [0.4, 0.5) is 0 Å². The number of rotatable bonds is 4. The van der Waals surface area contributed by atoms with Crippen molar-refractivity contribution in [2.45, 2.75) is 0 Å². The van der Waals surface area contributed by atoms with Crippen molar-refractivity contribution in [2.75, 3.05) is 0 Å². The van der Waals surface area contributed by atoms with E-state index in [1.54, 1.807) is 22.7 Å². The lowest BCUT2D eigenvalue weighted by Crippen LogP contribution is -1.90. The fourth-order valence-electron chi connectivity index (χ4n) is 6.82. The van der Waals surface area contributed by atoms with Gasteiger partial charge in [0.1, 0.15) is 0 Å². The molecule has 0 aliphatic rings. The van der Waals surface area contributed by atoms with Crippen LogP contribution in [-0.2, 0) is 0 Å². The van der Waals surface area contributed by atoms with E-state index in [2.05, 4.69) is 143 Å². The molecule has 0 aliphatic carbocycles. The van der Waals surface area contributed by atoms with Crippen LogP contribution in [0, 0.1) is 0 Å². The predicted octanol–water partition coefficient (Wildman–Crippen LogP) is 11.8. The Hall–Kier alpha value is -5.82. The summed E-state index contributed by atoms with van der Waals surface area (Å²) in [7, 11) is 0. The van der Waals surface area contributed by atoms with Crippen LogP contribution in [0.5, 0.6) is 0 Å². The third-order valence-corrected chi connectivity index (χ3v) is 10.8. The Bertz CT molecular complexity index is 2650. The molecule has 4 heterocycles. The monoisotopic (exact) mass is 648 g/mol. The summed E-state index contributed by atoms with van der Waals surface area (Å²) in [5.74, 6) is 0. The van der Waals surface area contributed by atoms with Crippen molar-refractivity contribution in [2.24, 2.45) is 0 Å². The molecule has 0 bridgehead atoms. The maximum atomic E-state index is 5.11. The molecule has 0 saturated heterocycles. The highest BCUT2D eigenvalue weighted by Gasteiger charge is 2.13. The van der Waals surface area contributed by atoms with Crippen LogP contribution in [0.25, 0.3) is 97.8 Å². The number of hydrogen-bond donors (Lipinski definition) is 0. The molecule has 6 heteroatoms. The van der Waals surface area contributed by atoms with E-state index < -0.39 is 0 Å². The van der Waals surface area contributed by atoms with Crippen LogP contribution in [0.1, 0.15) is 0 Å². The second-order valence-electron chi connectivity index (χ2n) is 12.0. The van der Waals surface area contributed by atoms with Gasteiger partial charge in [0, 0.05) is 22.3 Å². The van der Waals surface area contributed by atoms with Gasteiger partial charge in [-0.1, -0.05) is 72.8 Å². The first-order chi connectivity index (χ1) is 23.7. The van der Waals surface area contributed by atoms with E-state index in [4.69, 9.17) is 9.97 Å². The molecule has 0 saturated carbocycles. The highest BCUT2D eigenvalue weighted by Crippen LogP contribution is 2.39. The molecule has 0 unspecified atom stereocenters. The average molecular weight is 649 g/mol. The first kappa shape index (κ1) is 27.3. The summed E-state index contributed by atoms with van der Waals surface area (Å²) in [6.45, 7) is 0. The van der Waals surface area contributed by atoms with Gasteiger partial charge in [0.15, 0.2) is 0 Å². The lowest BCUT2D eigenvalue weighted by molar-refractivity contribution is 1.33. The minimum Gasteiger partial charge on any atom is -0.248 e. The Morgan fingerprint density at radius 2 is 0.729 bits per heavy atom. The zero-order valence-corrected chi connectivity index (χ0v) is 27.1. The van der Waals surface area contributed by atoms with Crippen LogP contribution in [0.15, 0.2) is 144 Å². The van der Waals surface area contributed by atoms with Crippen molar-refractivity contribution < 1.29 is 0 Å². The third kappa shape index (κ3) is 4.49. The van der Waals surface area contributed by atoms with E-state index in [0.717, 1.165) is 56.1 Å². The number of hydrogen-bond acceptors (Lipinski definition) is 6. The SMILES string of the molecule is c1cc(-c2ccc3ncsc3c2)nc(-c2ccc3c4ccc(-c5cccc(-c6ccc7ncsc7c6)n5)cc4c4ccccc4c3c2)c1. The molecule has 0 spiro atoms. The topological polar surface area (TPSA) is 51.6 Å². The van der Waals surface area contributed by atoms with Gasteiger partial charge >= 0.3 is 0 Å². The standard InChI is InChI=1S/C42H24N4S2/c1-2-6-30-29(5-1)33-19-25(35-7-3-9-37(45-35)27-13-17-39-41(21-27)47-23-43-39)11-15-31(33)32-16-12-26(20-34(30)32)36-8-4-10-38(46-36)28-14-18-40-42(22-28)48-24-44-40/h1-24H. The smallest absolute Gasteiger partial charge is 0.0812 e. The molecule has 6 aromatic carbocycles. The molecule has 48 heavy (non-hydrogen) atoms. The maximum Gasteiger partial charge on any atom is 0.0812 e. The highest BCUT2D eigenvalue weighted by atomic mass is 32.1. The van der Waals surface area contributed by atoms with Crippen molar-refractivity contribution in [1.29, 1.82) is 0 Å². The molecule has 0 N–H and O–H groups in total. The molecule has 0 radical (unpaired) electrons. The fourth-order valence-corrected chi connectivity index (χ4v) is 8.25. The molecule has 10 rings (SSSR count). The van der Waals surface area contributed by atoms with E-state index in [1.807, 2.05) is 11.0 Å². The zero-order chi connectivity index (χ0) is 31.6. The van der Waals surface area contributed by atoms with Crippen LogP contribution in [0.3, 0.4) is 0 Å². The van der Waals surface area contributed by atoms with Crippen LogP contribution in [-0.4, -0.2) is 19.9 Å². The molecule has 224 valence electrons. The lowest BCUT2D eigenvalue weighted by Gasteiger charge is -2.14. The Morgan fingerprint density at radius 1 is 0.333 bits per heavy atom. The highest BCUT2D eigenvalue weighted by molar-refractivity contribution is 7.17. The van der Waals surface area contributed by atoms with Gasteiger partial charge in [0.25, 0.3) is 0 Å². The largest absolute Gasteiger partial charge is 0.248 e.